The van der Waals surface area contributed by atoms with E-state index in [1.165, 1.54) is 5.56 Å². The average molecular weight is 291 g/mol. The van der Waals surface area contributed by atoms with E-state index < -0.39 is 0 Å². The zero-order valence-corrected chi connectivity index (χ0v) is 14.0. The highest BCUT2D eigenvalue weighted by Crippen LogP contribution is 2.35. The lowest BCUT2D eigenvalue weighted by Gasteiger charge is -2.50. The van der Waals surface area contributed by atoms with Gasteiger partial charge in [0.15, 0.2) is 0 Å². The van der Waals surface area contributed by atoms with Crippen molar-refractivity contribution in [2.45, 2.75) is 64.3 Å². The first-order valence-electron chi connectivity index (χ1n) is 7.84. The second-order valence-electron chi connectivity index (χ2n) is 7.32. The molecule has 1 aromatic heterocycles. The normalized spacial score (nSPS) is 24.5. The van der Waals surface area contributed by atoms with E-state index in [0.717, 1.165) is 19.5 Å². The molecule has 1 fully saturated rings. The van der Waals surface area contributed by atoms with Gasteiger partial charge in [0.1, 0.15) is 0 Å². The van der Waals surface area contributed by atoms with Crippen LogP contribution in [-0.2, 0) is 4.74 Å². The van der Waals surface area contributed by atoms with Gasteiger partial charge < -0.3 is 10.5 Å². The molecule has 4 nitrogen and oxygen atoms in total. The van der Waals surface area contributed by atoms with Gasteiger partial charge in [0.2, 0.25) is 0 Å². The zero-order chi connectivity index (χ0) is 15.7. The molecule has 0 amide bonds. The molecule has 4 heteroatoms. The summed E-state index contributed by atoms with van der Waals surface area (Å²) in [4.78, 5) is 6.61. The van der Waals surface area contributed by atoms with Crippen molar-refractivity contribution in [2.75, 3.05) is 13.1 Å². The molecule has 0 radical (unpaired) electrons. The van der Waals surface area contributed by atoms with Crippen LogP contribution in [0.5, 0.6) is 0 Å². The van der Waals surface area contributed by atoms with Gasteiger partial charge in [-0.05, 0) is 51.8 Å². The van der Waals surface area contributed by atoms with Crippen molar-refractivity contribution in [3.8, 4) is 0 Å². The number of nitrogens with zero attached hydrogens (tertiary/aromatic N) is 2. The lowest BCUT2D eigenvalue weighted by molar-refractivity contribution is -0.189. The Balaban J connectivity index is 2.33. The molecule has 0 spiro atoms. The van der Waals surface area contributed by atoms with Gasteiger partial charge >= 0.3 is 0 Å². The van der Waals surface area contributed by atoms with Crippen LogP contribution in [0.4, 0.5) is 0 Å². The van der Waals surface area contributed by atoms with Crippen LogP contribution < -0.4 is 5.73 Å². The van der Waals surface area contributed by atoms with Gasteiger partial charge in [0.25, 0.3) is 0 Å². The fourth-order valence-corrected chi connectivity index (χ4v) is 3.56. The van der Waals surface area contributed by atoms with Gasteiger partial charge in [-0.3, -0.25) is 9.88 Å². The maximum Gasteiger partial charge on any atom is 0.0761 e. The third kappa shape index (κ3) is 4.02. The van der Waals surface area contributed by atoms with Crippen LogP contribution in [-0.4, -0.2) is 40.2 Å². The van der Waals surface area contributed by atoms with Crippen molar-refractivity contribution in [2.24, 2.45) is 5.73 Å². The van der Waals surface area contributed by atoms with E-state index in [1.54, 1.807) is 0 Å². The van der Waals surface area contributed by atoms with Crippen LogP contribution >= 0.6 is 0 Å². The fourth-order valence-electron chi connectivity index (χ4n) is 3.56. The Bertz CT molecular complexity index is 442. The topological polar surface area (TPSA) is 51.4 Å². The molecule has 2 atom stereocenters. The standard InChI is InChI=1S/C17H29N3O/c1-6-14(18)15(13-7-9-19-10-8-13)20-11-16(2,3)21-17(4,5)12-20/h7-10,14-15H,6,11-12,18H2,1-5H3. The summed E-state index contributed by atoms with van der Waals surface area (Å²) in [6.45, 7) is 12.5. The van der Waals surface area contributed by atoms with Crippen molar-refractivity contribution in [3.05, 3.63) is 30.1 Å². The molecule has 1 aliphatic rings. The van der Waals surface area contributed by atoms with E-state index in [2.05, 4.69) is 56.6 Å². The largest absolute Gasteiger partial charge is 0.367 e. The van der Waals surface area contributed by atoms with Crippen LogP contribution in [0.1, 0.15) is 52.6 Å². The molecule has 1 aromatic rings. The predicted molar refractivity (Wildman–Crippen MR) is 86.1 cm³/mol. The van der Waals surface area contributed by atoms with E-state index in [0.29, 0.717) is 0 Å². The molecule has 118 valence electrons. The Kier molecular flexibility index (Phi) is 4.71. The van der Waals surface area contributed by atoms with E-state index in [-0.39, 0.29) is 23.3 Å². The number of pyridine rings is 1. The van der Waals surface area contributed by atoms with E-state index in [9.17, 15) is 0 Å². The second-order valence-corrected chi connectivity index (χ2v) is 7.32. The highest BCUT2D eigenvalue weighted by Gasteiger charge is 2.41. The maximum atomic E-state index is 6.45. The van der Waals surface area contributed by atoms with Gasteiger partial charge in [-0.25, -0.2) is 0 Å². The first-order valence-corrected chi connectivity index (χ1v) is 7.84. The number of hydrogen-bond acceptors (Lipinski definition) is 4. The summed E-state index contributed by atoms with van der Waals surface area (Å²) in [6.07, 6.45) is 4.65. The van der Waals surface area contributed by atoms with E-state index in [4.69, 9.17) is 10.5 Å². The summed E-state index contributed by atoms with van der Waals surface area (Å²) in [5.74, 6) is 0. The van der Waals surface area contributed by atoms with Crippen LogP contribution in [0.3, 0.4) is 0 Å². The summed E-state index contributed by atoms with van der Waals surface area (Å²) >= 11 is 0. The fraction of sp³-hybridized carbons (Fsp3) is 0.706. The van der Waals surface area contributed by atoms with Crippen molar-refractivity contribution in [1.29, 1.82) is 0 Å². The summed E-state index contributed by atoms with van der Waals surface area (Å²) in [6, 6.07) is 4.48. The van der Waals surface area contributed by atoms with Gasteiger partial charge in [0, 0.05) is 31.5 Å². The van der Waals surface area contributed by atoms with Crippen LogP contribution in [0, 0.1) is 0 Å². The summed E-state index contributed by atoms with van der Waals surface area (Å²) < 4.78 is 6.20. The lowest BCUT2D eigenvalue weighted by Crippen LogP contribution is -2.59. The summed E-state index contributed by atoms with van der Waals surface area (Å²) in [5.41, 5.74) is 7.37. The molecule has 0 aliphatic carbocycles. The first kappa shape index (κ1) is 16.4. The molecule has 0 bridgehead atoms. The minimum Gasteiger partial charge on any atom is -0.367 e. The van der Waals surface area contributed by atoms with Crippen molar-refractivity contribution in [3.63, 3.8) is 0 Å². The van der Waals surface area contributed by atoms with Crippen molar-refractivity contribution < 1.29 is 4.74 Å². The Labute approximate surface area is 128 Å². The van der Waals surface area contributed by atoms with Gasteiger partial charge in [-0.1, -0.05) is 6.92 Å². The maximum absolute atomic E-state index is 6.45. The molecule has 21 heavy (non-hydrogen) atoms. The molecular formula is C17H29N3O. The number of rotatable bonds is 4. The van der Waals surface area contributed by atoms with E-state index >= 15 is 0 Å². The van der Waals surface area contributed by atoms with Crippen molar-refractivity contribution >= 4 is 0 Å². The molecule has 0 saturated carbocycles. The van der Waals surface area contributed by atoms with Gasteiger partial charge in [-0.2, -0.15) is 0 Å². The third-order valence-corrected chi connectivity index (χ3v) is 4.04. The highest BCUT2D eigenvalue weighted by molar-refractivity contribution is 5.18. The smallest absolute Gasteiger partial charge is 0.0761 e. The summed E-state index contributed by atoms with van der Waals surface area (Å²) in [7, 11) is 0. The van der Waals surface area contributed by atoms with Crippen LogP contribution in [0.15, 0.2) is 24.5 Å². The molecule has 1 saturated heterocycles. The highest BCUT2D eigenvalue weighted by atomic mass is 16.5. The number of hydrogen-bond donors (Lipinski definition) is 1. The Morgan fingerprint density at radius 2 is 1.71 bits per heavy atom. The molecule has 2 unspecified atom stereocenters. The SMILES string of the molecule is CCC(N)C(c1ccncc1)N1CC(C)(C)OC(C)(C)C1. The molecule has 2 heterocycles. The quantitative estimate of drug-likeness (QED) is 0.927. The van der Waals surface area contributed by atoms with E-state index in [1.807, 2.05) is 12.4 Å². The van der Waals surface area contributed by atoms with Crippen molar-refractivity contribution in [1.82, 2.24) is 9.88 Å². The third-order valence-electron chi connectivity index (χ3n) is 4.04. The monoisotopic (exact) mass is 291 g/mol. The predicted octanol–water partition coefficient (Wildman–Crippen LogP) is 2.75. The molecule has 2 N–H and O–H groups in total. The number of aromatic nitrogens is 1. The molecular weight excluding hydrogens is 262 g/mol. The lowest BCUT2D eigenvalue weighted by atomic mass is 9.91. The number of morpholine rings is 1. The first-order chi connectivity index (χ1) is 9.74. The van der Waals surface area contributed by atoms with Crippen LogP contribution in [0.2, 0.25) is 0 Å². The summed E-state index contributed by atoms with van der Waals surface area (Å²) in [5, 5.41) is 0. The van der Waals surface area contributed by atoms with Gasteiger partial charge in [-0.15, -0.1) is 0 Å². The zero-order valence-electron chi connectivity index (χ0n) is 14.0. The minimum absolute atomic E-state index is 0.108. The van der Waals surface area contributed by atoms with Gasteiger partial charge in [0.05, 0.1) is 17.2 Å². The number of nitrogens with two attached hydrogens (primary N) is 1. The van der Waals surface area contributed by atoms with Crippen LogP contribution in [0.25, 0.3) is 0 Å². The Morgan fingerprint density at radius 3 is 2.19 bits per heavy atom. The second kappa shape index (κ2) is 6.03. The minimum atomic E-state index is -0.166. The molecule has 0 aromatic carbocycles. The molecule has 1 aliphatic heterocycles. The Hall–Kier alpha value is -0.970. The average Bonchev–Trinajstić information content (AvgIpc) is 2.36. The Morgan fingerprint density at radius 1 is 1.19 bits per heavy atom. The molecule has 2 rings (SSSR count). The number of ether oxygens (including phenoxy) is 1.